The standard InChI is InChI=1S/C6H14.C4H6O3/c1-3-5-6-4-2;1-3(5)2-4(6)7/h3-6H2,1-2H3;2H2,1H3,(H,6,7). The third kappa shape index (κ3) is 24.7. The van der Waals surface area contributed by atoms with Gasteiger partial charge in [0.1, 0.15) is 12.2 Å². The normalized spacial score (nSPS) is 8.54. The summed E-state index contributed by atoms with van der Waals surface area (Å²) in [5.41, 5.74) is 0. The van der Waals surface area contributed by atoms with Crippen molar-refractivity contribution in [2.45, 2.75) is 52.9 Å². The van der Waals surface area contributed by atoms with Crippen LogP contribution in [-0.4, -0.2) is 16.9 Å². The zero-order valence-corrected chi connectivity index (χ0v) is 8.80. The van der Waals surface area contributed by atoms with Crippen molar-refractivity contribution in [1.29, 1.82) is 0 Å². The van der Waals surface area contributed by atoms with Crippen LogP contribution in [0.15, 0.2) is 0 Å². The van der Waals surface area contributed by atoms with Crippen molar-refractivity contribution >= 4 is 11.8 Å². The summed E-state index contributed by atoms with van der Waals surface area (Å²) >= 11 is 0. The lowest BCUT2D eigenvalue weighted by Crippen LogP contribution is -2.00. The van der Waals surface area contributed by atoms with Crippen LogP contribution < -0.4 is 0 Å². The van der Waals surface area contributed by atoms with E-state index >= 15 is 0 Å². The molecule has 78 valence electrons. The zero-order chi connectivity index (χ0) is 10.7. The van der Waals surface area contributed by atoms with Crippen LogP contribution in [0.5, 0.6) is 0 Å². The molecule has 0 amide bonds. The molecule has 3 heteroatoms. The highest BCUT2D eigenvalue weighted by atomic mass is 16.4. The van der Waals surface area contributed by atoms with E-state index in [4.69, 9.17) is 5.11 Å². The molecular formula is C10H20O3. The summed E-state index contributed by atoms with van der Waals surface area (Å²) in [6.07, 6.45) is 5.18. The van der Waals surface area contributed by atoms with Gasteiger partial charge in [0.25, 0.3) is 0 Å². The maximum atomic E-state index is 9.87. The second kappa shape index (κ2) is 11.1. The van der Waals surface area contributed by atoms with E-state index in [9.17, 15) is 9.59 Å². The Balaban J connectivity index is 0. The van der Waals surface area contributed by atoms with Gasteiger partial charge in [-0.15, -0.1) is 0 Å². The first-order valence-corrected chi connectivity index (χ1v) is 4.75. The van der Waals surface area contributed by atoms with Gasteiger partial charge in [-0.05, 0) is 6.92 Å². The van der Waals surface area contributed by atoms with E-state index in [2.05, 4.69) is 13.8 Å². The summed E-state index contributed by atoms with van der Waals surface area (Å²) in [6, 6.07) is 0. The minimum absolute atomic E-state index is 0.312. The Morgan fingerprint density at radius 3 is 1.54 bits per heavy atom. The SMILES string of the molecule is CC(=O)CC(=O)O.CCCCCC. The summed E-state index contributed by atoms with van der Waals surface area (Å²) in [7, 11) is 0. The first kappa shape index (κ1) is 14.7. The smallest absolute Gasteiger partial charge is 0.310 e. The average Bonchev–Trinajstić information content (AvgIpc) is 1.99. The van der Waals surface area contributed by atoms with Crippen LogP contribution in [0.3, 0.4) is 0 Å². The van der Waals surface area contributed by atoms with Crippen molar-refractivity contribution in [3.8, 4) is 0 Å². The molecule has 0 aliphatic carbocycles. The van der Waals surface area contributed by atoms with Gasteiger partial charge in [0.05, 0.1) is 0 Å². The molecule has 0 bridgehead atoms. The van der Waals surface area contributed by atoms with E-state index in [-0.39, 0.29) is 12.2 Å². The number of carbonyl (C=O) groups excluding carboxylic acids is 1. The van der Waals surface area contributed by atoms with Gasteiger partial charge in [0.15, 0.2) is 0 Å². The molecule has 0 radical (unpaired) electrons. The molecule has 0 heterocycles. The maximum Gasteiger partial charge on any atom is 0.310 e. The molecule has 0 rings (SSSR count). The van der Waals surface area contributed by atoms with Crippen LogP contribution in [0, 0.1) is 0 Å². The monoisotopic (exact) mass is 188 g/mol. The van der Waals surface area contributed by atoms with E-state index in [1.165, 1.54) is 32.6 Å². The highest BCUT2D eigenvalue weighted by Crippen LogP contribution is 1.95. The van der Waals surface area contributed by atoms with Crippen LogP contribution in [0.2, 0.25) is 0 Å². The van der Waals surface area contributed by atoms with Gasteiger partial charge < -0.3 is 5.11 Å². The van der Waals surface area contributed by atoms with E-state index in [1.54, 1.807) is 0 Å². The van der Waals surface area contributed by atoms with E-state index < -0.39 is 5.97 Å². The van der Waals surface area contributed by atoms with Crippen LogP contribution in [0.25, 0.3) is 0 Å². The van der Waals surface area contributed by atoms with Crippen molar-refractivity contribution in [3.05, 3.63) is 0 Å². The fourth-order valence-corrected chi connectivity index (χ4v) is 0.713. The van der Waals surface area contributed by atoms with Crippen molar-refractivity contribution in [2.75, 3.05) is 0 Å². The van der Waals surface area contributed by atoms with Crippen molar-refractivity contribution < 1.29 is 14.7 Å². The van der Waals surface area contributed by atoms with Crippen molar-refractivity contribution in [2.24, 2.45) is 0 Å². The van der Waals surface area contributed by atoms with Gasteiger partial charge in [-0.1, -0.05) is 39.5 Å². The number of Topliss-reactive ketones (excluding diaryl/α,β-unsaturated/α-hetero) is 1. The largest absolute Gasteiger partial charge is 0.481 e. The predicted octanol–water partition coefficient (Wildman–Crippen LogP) is 2.64. The number of hydrogen-bond acceptors (Lipinski definition) is 2. The number of ketones is 1. The second-order valence-corrected chi connectivity index (χ2v) is 2.98. The lowest BCUT2D eigenvalue weighted by atomic mass is 10.2. The Bertz CT molecular complexity index is 125. The summed E-state index contributed by atoms with van der Waals surface area (Å²) in [5, 5.41) is 7.86. The molecule has 0 unspecified atom stereocenters. The van der Waals surface area contributed by atoms with Gasteiger partial charge in [-0.3, -0.25) is 9.59 Å². The number of hydrogen-bond donors (Lipinski definition) is 1. The highest BCUT2D eigenvalue weighted by molar-refractivity contribution is 5.93. The molecule has 0 aliphatic heterocycles. The van der Waals surface area contributed by atoms with Crippen LogP contribution in [0.1, 0.15) is 52.9 Å². The molecule has 3 nitrogen and oxygen atoms in total. The highest BCUT2D eigenvalue weighted by Gasteiger charge is 1.98. The van der Waals surface area contributed by atoms with Crippen LogP contribution in [-0.2, 0) is 9.59 Å². The Morgan fingerprint density at radius 1 is 1.08 bits per heavy atom. The minimum atomic E-state index is -1.06. The summed E-state index contributed by atoms with van der Waals surface area (Å²) in [4.78, 5) is 19.5. The topological polar surface area (TPSA) is 54.4 Å². The average molecular weight is 188 g/mol. The molecule has 0 spiro atoms. The third-order valence-corrected chi connectivity index (χ3v) is 1.36. The fourth-order valence-electron chi connectivity index (χ4n) is 0.713. The Morgan fingerprint density at radius 2 is 1.46 bits per heavy atom. The van der Waals surface area contributed by atoms with E-state index in [1.807, 2.05) is 0 Å². The molecule has 0 aromatic rings. The van der Waals surface area contributed by atoms with E-state index in [0.717, 1.165) is 0 Å². The first-order valence-electron chi connectivity index (χ1n) is 4.75. The fraction of sp³-hybridized carbons (Fsp3) is 0.800. The molecule has 0 saturated heterocycles. The van der Waals surface area contributed by atoms with Gasteiger partial charge in [-0.2, -0.15) is 0 Å². The predicted molar refractivity (Wildman–Crippen MR) is 52.7 cm³/mol. The van der Waals surface area contributed by atoms with E-state index in [0.29, 0.717) is 0 Å². The molecular weight excluding hydrogens is 168 g/mol. The lowest BCUT2D eigenvalue weighted by Gasteiger charge is -1.86. The lowest BCUT2D eigenvalue weighted by molar-refractivity contribution is -0.139. The minimum Gasteiger partial charge on any atom is -0.481 e. The Kier molecular flexibility index (Phi) is 12.6. The zero-order valence-electron chi connectivity index (χ0n) is 8.80. The number of unbranched alkanes of at least 4 members (excludes halogenated alkanes) is 3. The van der Waals surface area contributed by atoms with Crippen LogP contribution >= 0.6 is 0 Å². The number of carboxylic acid groups (broad SMARTS) is 1. The van der Waals surface area contributed by atoms with Crippen molar-refractivity contribution in [1.82, 2.24) is 0 Å². The number of aliphatic carboxylic acids is 1. The van der Waals surface area contributed by atoms with Gasteiger partial charge in [0, 0.05) is 0 Å². The van der Waals surface area contributed by atoms with Crippen molar-refractivity contribution in [3.63, 3.8) is 0 Å². The van der Waals surface area contributed by atoms with Gasteiger partial charge in [-0.25, -0.2) is 0 Å². The summed E-state index contributed by atoms with van der Waals surface area (Å²) in [6.45, 7) is 5.71. The third-order valence-electron chi connectivity index (χ3n) is 1.36. The summed E-state index contributed by atoms with van der Waals surface area (Å²) < 4.78 is 0. The Hall–Kier alpha value is -0.860. The number of carboxylic acids is 1. The van der Waals surface area contributed by atoms with Gasteiger partial charge in [0.2, 0.25) is 0 Å². The molecule has 13 heavy (non-hydrogen) atoms. The molecule has 1 N–H and O–H groups in total. The summed E-state index contributed by atoms with van der Waals surface area (Å²) in [5.74, 6) is -1.37. The second-order valence-electron chi connectivity index (χ2n) is 2.98. The number of rotatable bonds is 5. The molecule has 0 aromatic heterocycles. The van der Waals surface area contributed by atoms with Crippen LogP contribution in [0.4, 0.5) is 0 Å². The molecule has 0 atom stereocenters. The molecule has 0 saturated carbocycles. The Labute approximate surface area is 80.1 Å². The molecule has 0 aliphatic rings. The molecule has 0 fully saturated rings. The van der Waals surface area contributed by atoms with Gasteiger partial charge >= 0.3 is 5.97 Å². The quantitative estimate of drug-likeness (QED) is 0.533. The molecule has 0 aromatic carbocycles. The maximum absolute atomic E-state index is 9.87. The number of carbonyl (C=O) groups is 2. The first-order chi connectivity index (χ1) is 6.04.